The first-order valence-electron chi connectivity index (χ1n) is 4.19. The lowest BCUT2D eigenvalue weighted by atomic mass is 10.2. The molecule has 1 N–H and O–H groups in total. The molecule has 1 aromatic carbocycles. The number of quaternary nitrogens is 1. The first kappa shape index (κ1) is 16.0. The smallest absolute Gasteiger partial charge is 0.136 e. The van der Waals surface area contributed by atoms with E-state index in [1.807, 2.05) is 18.2 Å². The summed E-state index contributed by atoms with van der Waals surface area (Å²) in [6.45, 7) is 3.15. The van der Waals surface area contributed by atoms with Crippen LogP contribution in [0.3, 0.4) is 0 Å². The Balaban J connectivity index is 0. The molecule has 0 amide bonds. The molecule has 0 atom stereocenters. The van der Waals surface area contributed by atoms with Crippen molar-refractivity contribution >= 4 is 5.69 Å². The van der Waals surface area contributed by atoms with Gasteiger partial charge in [0.1, 0.15) is 11.4 Å². The van der Waals surface area contributed by atoms with Crippen molar-refractivity contribution in [1.29, 1.82) is 0 Å². The molecule has 14 heavy (non-hydrogen) atoms. The molecule has 0 radical (unpaired) electrons. The fraction of sp³-hybridized carbons (Fsp3) is 0.400. The van der Waals surface area contributed by atoms with Gasteiger partial charge >= 0.3 is 0 Å². The summed E-state index contributed by atoms with van der Waals surface area (Å²) in [7, 11) is 4.24. The van der Waals surface area contributed by atoms with Gasteiger partial charge in [0, 0.05) is 6.07 Å². The lowest BCUT2D eigenvalue weighted by Gasteiger charge is -2.27. The van der Waals surface area contributed by atoms with E-state index < -0.39 is 0 Å². The third-order valence-electron chi connectivity index (χ3n) is 2.32. The molecular weight excluding hydrogens is 221 g/mol. The van der Waals surface area contributed by atoms with Crippen LogP contribution in [-0.4, -0.2) is 25.7 Å². The molecule has 0 aliphatic carbocycles. The zero-order valence-electron chi connectivity index (χ0n) is 8.67. The van der Waals surface area contributed by atoms with Crippen molar-refractivity contribution in [1.82, 2.24) is 4.48 Å². The van der Waals surface area contributed by atoms with E-state index in [9.17, 15) is 5.11 Å². The van der Waals surface area contributed by atoms with E-state index in [4.69, 9.17) is 0 Å². The van der Waals surface area contributed by atoms with Gasteiger partial charge in [-0.05, 0) is 19.1 Å². The van der Waals surface area contributed by atoms with Crippen molar-refractivity contribution in [2.24, 2.45) is 0 Å². The van der Waals surface area contributed by atoms with Crippen LogP contribution in [0.5, 0.6) is 5.75 Å². The van der Waals surface area contributed by atoms with Crippen molar-refractivity contribution in [2.45, 2.75) is 6.92 Å². The number of phenolic OH excluding ortho intramolecular Hbond substituents is 1. The Morgan fingerprint density at radius 1 is 1.21 bits per heavy atom. The number of halogens is 2. The number of phenols is 1. The Labute approximate surface area is 98.0 Å². The van der Waals surface area contributed by atoms with Crippen LogP contribution >= 0.6 is 0 Å². The summed E-state index contributed by atoms with van der Waals surface area (Å²) in [6, 6.07) is 7.41. The molecule has 0 saturated heterocycles. The summed E-state index contributed by atoms with van der Waals surface area (Å²) < 4.78 is 0.800. The topological polar surface area (TPSA) is 20.2 Å². The first-order valence-corrected chi connectivity index (χ1v) is 4.19. The van der Waals surface area contributed by atoms with E-state index in [2.05, 4.69) is 21.0 Å². The van der Waals surface area contributed by atoms with Gasteiger partial charge < -0.3 is 29.9 Å². The predicted octanol–water partition coefficient (Wildman–Crippen LogP) is -4.01. The number of hydrogen-bond donors (Lipinski definition) is 1. The van der Waals surface area contributed by atoms with Crippen molar-refractivity contribution in [3.63, 3.8) is 0 Å². The number of hydrogen-bond acceptors (Lipinski definition) is 1. The number of aromatic hydroxyl groups is 1. The Morgan fingerprint density at radius 2 is 1.79 bits per heavy atom. The maximum Gasteiger partial charge on any atom is 0.136 e. The van der Waals surface area contributed by atoms with E-state index >= 15 is 0 Å². The Hall–Kier alpha value is -0.440. The largest absolute Gasteiger partial charge is 1.00 e. The minimum atomic E-state index is 0. The normalized spacial score (nSPS) is 9.93. The molecule has 0 unspecified atom stereocenters. The summed E-state index contributed by atoms with van der Waals surface area (Å²) in [6.07, 6.45) is 0. The van der Waals surface area contributed by atoms with Crippen LogP contribution in [0.15, 0.2) is 24.3 Å². The van der Waals surface area contributed by atoms with Crippen LogP contribution < -0.4 is 29.3 Å². The average Bonchev–Trinajstić information content (AvgIpc) is 2.05. The van der Waals surface area contributed by atoms with Gasteiger partial charge in [0.25, 0.3) is 0 Å². The molecule has 0 bridgehead atoms. The van der Waals surface area contributed by atoms with E-state index in [1.165, 1.54) is 0 Å². The SMILES string of the molecule is CC[N+](C)(C)c1cccc(O)c1.[Cl-].[Cl-]. The molecule has 0 aliphatic heterocycles. The summed E-state index contributed by atoms with van der Waals surface area (Å²) in [4.78, 5) is 0. The van der Waals surface area contributed by atoms with Crippen LogP contribution in [0.25, 0.3) is 0 Å². The van der Waals surface area contributed by atoms with Crippen molar-refractivity contribution in [2.75, 3.05) is 20.6 Å². The molecule has 0 fully saturated rings. The highest BCUT2D eigenvalue weighted by Gasteiger charge is 2.15. The monoisotopic (exact) mass is 236 g/mol. The maximum atomic E-state index is 9.26. The van der Waals surface area contributed by atoms with Crippen molar-refractivity contribution in [3.05, 3.63) is 24.3 Å². The van der Waals surface area contributed by atoms with Crippen molar-refractivity contribution < 1.29 is 29.9 Å². The highest BCUT2D eigenvalue weighted by molar-refractivity contribution is 5.46. The third kappa shape index (κ3) is 3.74. The van der Waals surface area contributed by atoms with Crippen LogP contribution in [-0.2, 0) is 0 Å². The fourth-order valence-electron chi connectivity index (χ4n) is 1.05. The minimum absolute atomic E-state index is 0. The van der Waals surface area contributed by atoms with Gasteiger partial charge in [0.05, 0.1) is 20.6 Å². The molecule has 2 nitrogen and oxygen atoms in total. The molecule has 4 heteroatoms. The van der Waals surface area contributed by atoms with Gasteiger partial charge in [-0.15, -0.1) is 0 Å². The highest BCUT2D eigenvalue weighted by atomic mass is 35.5. The van der Waals surface area contributed by atoms with Gasteiger partial charge in [-0.2, -0.15) is 0 Å². The van der Waals surface area contributed by atoms with Crippen molar-refractivity contribution in [3.8, 4) is 5.75 Å². The second-order valence-electron chi connectivity index (χ2n) is 3.52. The van der Waals surface area contributed by atoms with Gasteiger partial charge in [0.2, 0.25) is 0 Å². The van der Waals surface area contributed by atoms with Gasteiger partial charge in [-0.3, -0.25) is 4.48 Å². The molecule has 82 valence electrons. The standard InChI is InChI=1S/C10H15NO.2ClH/c1-4-11(2,3)9-6-5-7-10(12)8-9;;/h5-8H,4H2,1-3H3;2*1H/p-1. The number of benzene rings is 1. The van der Waals surface area contributed by atoms with E-state index in [-0.39, 0.29) is 24.8 Å². The Bertz CT molecular complexity index is 277. The van der Waals surface area contributed by atoms with E-state index in [0.29, 0.717) is 5.75 Å². The minimum Gasteiger partial charge on any atom is -1.00 e. The van der Waals surface area contributed by atoms with E-state index in [1.54, 1.807) is 6.07 Å². The quantitative estimate of drug-likeness (QED) is 0.520. The zero-order chi connectivity index (χ0) is 9.19. The Kier molecular flexibility index (Phi) is 7.00. The Morgan fingerprint density at radius 3 is 2.21 bits per heavy atom. The van der Waals surface area contributed by atoms with E-state index in [0.717, 1.165) is 16.7 Å². The molecule has 0 heterocycles. The molecule has 0 aromatic heterocycles. The lowest BCUT2D eigenvalue weighted by Crippen LogP contribution is -3.00. The fourth-order valence-corrected chi connectivity index (χ4v) is 1.05. The summed E-state index contributed by atoms with van der Waals surface area (Å²) in [5.74, 6) is 0.340. The van der Waals surface area contributed by atoms with Crippen LogP contribution in [0.1, 0.15) is 6.92 Å². The highest BCUT2D eigenvalue weighted by Crippen LogP contribution is 2.22. The average molecular weight is 237 g/mol. The first-order chi connectivity index (χ1) is 5.56. The number of nitrogens with zero attached hydrogens (tertiary/aromatic N) is 1. The zero-order valence-corrected chi connectivity index (χ0v) is 10.2. The molecule has 1 aromatic rings. The van der Waals surface area contributed by atoms with Gasteiger partial charge in [0.15, 0.2) is 0 Å². The summed E-state index contributed by atoms with van der Waals surface area (Å²) in [5.41, 5.74) is 1.14. The summed E-state index contributed by atoms with van der Waals surface area (Å²) >= 11 is 0. The van der Waals surface area contributed by atoms with Crippen LogP contribution in [0, 0.1) is 0 Å². The predicted molar refractivity (Wildman–Crippen MR) is 52.3 cm³/mol. The number of rotatable bonds is 2. The van der Waals surface area contributed by atoms with Crippen LogP contribution in [0.2, 0.25) is 0 Å². The molecule has 0 spiro atoms. The second-order valence-corrected chi connectivity index (χ2v) is 3.52. The molecule has 0 saturated carbocycles. The second kappa shape index (κ2) is 6.12. The molecule has 1 rings (SSSR count). The van der Waals surface area contributed by atoms with Crippen LogP contribution in [0.4, 0.5) is 5.69 Å². The maximum absolute atomic E-state index is 9.26. The van der Waals surface area contributed by atoms with Gasteiger partial charge in [-0.1, -0.05) is 6.07 Å². The summed E-state index contributed by atoms with van der Waals surface area (Å²) in [5, 5.41) is 9.26. The third-order valence-corrected chi connectivity index (χ3v) is 2.32. The molecule has 0 aliphatic rings. The van der Waals surface area contributed by atoms with Gasteiger partial charge in [-0.25, -0.2) is 0 Å². The molecular formula is C10H16Cl2NO-. The lowest BCUT2D eigenvalue weighted by molar-refractivity contribution is -0.001000.